The number of rotatable bonds is 5. The summed E-state index contributed by atoms with van der Waals surface area (Å²) in [5, 5.41) is 9.45. The number of nitrogens with one attached hydrogen (secondary N) is 3. The molecule has 0 bridgehead atoms. The summed E-state index contributed by atoms with van der Waals surface area (Å²) >= 11 is 1.35. The molecule has 1 atom stereocenters. The number of aromatic nitrogens is 3. The average Bonchev–Trinajstić information content (AvgIpc) is 3.31. The number of carbonyl (C=O) groups excluding carboxylic acids is 1. The molecule has 0 radical (unpaired) electrons. The number of pyridine rings is 2. The molecule has 1 fully saturated rings. The summed E-state index contributed by atoms with van der Waals surface area (Å²) in [6.45, 7) is 3.84. The molecule has 0 aliphatic carbocycles. The summed E-state index contributed by atoms with van der Waals surface area (Å²) in [4.78, 5) is 26.0. The second-order valence-corrected chi connectivity index (χ2v) is 7.14. The van der Waals surface area contributed by atoms with E-state index in [1.54, 1.807) is 12.4 Å². The molecule has 1 saturated heterocycles. The molecule has 0 unspecified atom stereocenters. The van der Waals surface area contributed by atoms with Crippen molar-refractivity contribution in [1.82, 2.24) is 20.3 Å². The smallest absolute Gasteiger partial charge is 0.321 e. The van der Waals surface area contributed by atoms with Crippen molar-refractivity contribution in [2.45, 2.75) is 19.4 Å². The fourth-order valence-electron chi connectivity index (χ4n) is 2.91. The summed E-state index contributed by atoms with van der Waals surface area (Å²) < 4.78 is 5.47. The zero-order valence-corrected chi connectivity index (χ0v) is 15.7. The first-order chi connectivity index (χ1) is 13.2. The van der Waals surface area contributed by atoms with Crippen LogP contribution in [-0.2, 0) is 4.74 Å². The lowest BCUT2D eigenvalue weighted by molar-refractivity contribution is 0.195. The molecular weight excluding hydrogens is 364 g/mol. The van der Waals surface area contributed by atoms with E-state index in [0.717, 1.165) is 40.3 Å². The van der Waals surface area contributed by atoms with E-state index in [4.69, 9.17) is 9.72 Å². The largest absolute Gasteiger partial charge is 0.379 e. The molecule has 3 aromatic heterocycles. The van der Waals surface area contributed by atoms with Gasteiger partial charge >= 0.3 is 6.03 Å². The van der Waals surface area contributed by atoms with E-state index in [9.17, 15) is 4.79 Å². The van der Waals surface area contributed by atoms with E-state index in [2.05, 4.69) is 25.9 Å². The third-order valence-electron chi connectivity index (χ3n) is 4.18. The molecule has 0 saturated carbocycles. The molecule has 140 valence electrons. The molecule has 3 aromatic rings. The first kappa shape index (κ1) is 17.6. The van der Waals surface area contributed by atoms with Gasteiger partial charge in [0.25, 0.3) is 0 Å². The minimum atomic E-state index is -0.273. The van der Waals surface area contributed by atoms with Crippen LogP contribution < -0.4 is 16.0 Å². The topological polar surface area (TPSA) is 101 Å². The summed E-state index contributed by atoms with van der Waals surface area (Å²) in [7, 11) is 0. The van der Waals surface area contributed by atoms with Crippen LogP contribution in [0.5, 0.6) is 0 Å². The average molecular weight is 384 g/mol. The van der Waals surface area contributed by atoms with Crippen LogP contribution in [0.4, 0.5) is 15.7 Å². The van der Waals surface area contributed by atoms with E-state index >= 15 is 0 Å². The second-order valence-electron chi connectivity index (χ2n) is 6.16. The van der Waals surface area contributed by atoms with Crippen LogP contribution in [0.1, 0.15) is 13.3 Å². The Kier molecular flexibility index (Phi) is 5.12. The number of hydrogen-bond acceptors (Lipinski definition) is 7. The number of urea groups is 1. The Balaban J connectivity index is 1.72. The van der Waals surface area contributed by atoms with E-state index in [-0.39, 0.29) is 12.1 Å². The lowest BCUT2D eigenvalue weighted by Gasteiger charge is -2.15. The van der Waals surface area contributed by atoms with Crippen molar-refractivity contribution in [3.63, 3.8) is 0 Å². The van der Waals surface area contributed by atoms with Gasteiger partial charge in [-0.3, -0.25) is 10.3 Å². The summed E-state index contributed by atoms with van der Waals surface area (Å²) in [5.41, 5.74) is 2.62. The van der Waals surface area contributed by atoms with Crippen molar-refractivity contribution in [3.8, 4) is 11.1 Å². The Morgan fingerprint density at radius 1 is 1.41 bits per heavy atom. The van der Waals surface area contributed by atoms with Gasteiger partial charge in [0, 0.05) is 36.7 Å². The minimum absolute atomic E-state index is 0.228. The number of ether oxygens (including phenoxy) is 1. The molecule has 0 aromatic carbocycles. The van der Waals surface area contributed by atoms with Crippen molar-refractivity contribution in [2.75, 3.05) is 30.4 Å². The molecule has 3 N–H and O–H groups in total. The Hall–Kier alpha value is -2.78. The number of carbonyl (C=O) groups is 1. The van der Waals surface area contributed by atoms with Crippen LogP contribution in [0, 0.1) is 0 Å². The SMILES string of the molecule is CCNC(=O)Nc1nc2cc(-c3cccnc3)c(N[C@H]3CCOC3)nc2s1. The van der Waals surface area contributed by atoms with Crippen molar-refractivity contribution in [1.29, 1.82) is 0 Å². The van der Waals surface area contributed by atoms with Crippen molar-refractivity contribution in [2.24, 2.45) is 0 Å². The zero-order valence-electron chi connectivity index (χ0n) is 14.9. The zero-order chi connectivity index (χ0) is 18.6. The number of hydrogen-bond donors (Lipinski definition) is 3. The van der Waals surface area contributed by atoms with E-state index < -0.39 is 0 Å². The van der Waals surface area contributed by atoms with E-state index in [0.29, 0.717) is 18.3 Å². The lowest BCUT2D eigenvalue weighted by Crippen LogP contribution is -2.28. The van der Waals surface area contributed by atoms with Gasteiger partial charge in [-0.2, -0.15) is 0 Å². The highest BCUT2D eigenvalue weighted by Crippen LogP contribution is 2.34. The molecule has 4 rings (SSSR count). The molecule has 8 nitrogen and oxygen atoms in total. The number of thiazole rings is 1. The molecule has 0 spiro atoms. The fraction of sp³-hybridized carbons (Fsp3) is 0.333. The summed E-state index contributed by atoms with van der Waals surface area (Å²) in [6.07, 6.45) is 4.49. The van der Waals surface area contributed by atoms with Crippen molar-refractivity contribution in [3.05, 3.63) is 30.6 Å². The molecule has 2 amide bonds. The van der Waals surface area contributed by atoms with Gasteiger partial charge in [-0.1, -0.05) is 17.4 Å². The third kappa shape index (κ3) is 3.99. The van der Waals surface area contributed by atoms with Gasteiger partial charge in [0.05, 0.1) is 12.6 Å². The standard InChI is InChI=1S/C18H20N6O2S/c1-2-20-17(25)24-18-22-14-8-13(11-4-3-6-19-9-11)15(23-16(14)27-18)21-12-5-7-26-10-12/h3-4,6,8-9,12H,2,5,7,10H2,1H3,(H,21,23)(H2,20,22,24,25)/t12-/m0/s1. The van der Waals surface area contributed by atoms with Crippen molar-refractivity contribution >= 4 is 38.7 Å². The molecule has 1 aliphatic heterocycles. The van der Waals surface area contributed by atoms with Crippen LogP contribution in [-0.4, -0.2) is 46.8 Å². The Bertz CT molecular complexity index is 940. The first-order valence-corrected chi connectivity index (χ1v) is 9.65. The maximum Gasteiger partial charge on any atom is 0.321 e. The summed E-state index contributed by atoms with van der Waals surface area (Å²) in [5.74, 6) is 0.777. The molecule has 27 heavy (non-hydrogen) atoms. The Labute approximate surface area is 160 Å². The quantitative estimate of drug-likeness (QED) is 0.625. The van der Waals surface area contributed by atoms with E-state index in [1.807, 2.05) is 25.1 Å². The molecular formula is C18H20N6O2S. The summed E-state index contributed by atoms with van der Waals surface area (Å²) in [6, 6.07) is 5.82. The maximum absolute atomic E-state index is 11.8. The van der Waals surface area contributed by atoms with Crippen molar-refractivity contribution < 1.29 is 9.53 Å². The van der Waals surface area contributed by atoms with Gasteiger partial charge in [-0.15, -0.1) is 0 Å². The van der Waals surface area contributed by atoms with Gasteiger partial charge in [-0.25, -0.2) is 14.8 Å². The fourth-order valence-corrected chi connectivity index (χ4v) is 3.73. The Morgan fingerprint density at radius 3 is 3.07 bits per heavy atom. The van der Waals surface area contributed by atoms with Gasteiger partial charge in [0.2, 0.25) is 0 Å². The second kappa shape index (κ2) is 7.85. The van der Waals surface area contributed by atoms with Crippen LogP contribution in [0.2, 0.25) is 0 Å². The number of amides is 2. The van der Waals surface area contributed by atoms with Crippen LogP contribution in [0.15, 0.2) is 30.6 Å². The predicted octanol–water partition coefficient (Wildman–Crippen LogP) is 3.10. The lowest BCUT2D eigenvalue weighted by atomic mass is 10.1. The van der Waals surface area contributed by atoms with Crippen LogP contribution in [0.25, 0.3) is 21.5 Å². The molecule has 9 heteroatoms. The number of nitrogens with zero attached hydrogens (tertiary/aromatic N) is 3. The highest BCUT2D eigenvalue weighted by molar-refractivity contribution is 7.22. The first-order valence-electron chi connectivity index (χ1n) is 8.84. The minimum Gasteiger partial charge on any atom is -0.379 e. The van der Waals surface area contributed by atoms with Gasteiger partial charge in [0.15, 0.2) is 5.13 Å². The van der Waals surface area contributed by atoms with Gasteiger partial charge in [0.1, 0.15) is 16.2 Å². The maximum atomic E-state index is 11.8. The highest BCUT2D eigenvalue weighted by atomic mass is 32.1. The van der Waals surface area contributed by atoms with Gasteiger partial charge < -0.3 is 15.4 Å². The predicted molar refractivity (Wildman–Crippen MR) is 106 cm³/mol. The van der Waals surface area contributed by atoms with Crippen LogP contribution >= 0.6 is 11.3 Å². The molecule has 1 aliphatic rings. The van der Waals surface area contributed by atoms with Crippen LogP contribution in [0.3, 0.4) is 0 Å². The third-order valence-corrected chi connectivity index (χ3v) is 5.07. The van der Waals surface area contributed by atoms with Gasteiger partial charge in [-0.05, 0) is 25.5 Å². The number of anilines is 2. The number of fused-ring (bicyclic) bond motifs is 1. The van der Waals surface area contributed by atoms with E-state index in [1.165, 1.54) is 11.3 Å². The highest BCUT2D eigenvalue weighted by Gasteiger charge is 2.20. The monoisotopic (exact) mass is 384 g/mol. The molecule has 4 heterocycles. The normalized spacial score (nSPS) is 16.4. The Morgan fingerprint density at radius 2 is 2.33 bits per heavy atom.